The molecule has 2 nitrogen and oxygen atoms in total. The Labute approximate surface area is 104 Å². The molecule has 94 valence electrons. The molecule has 0 atom stereocenters. The third kappa shape index (κ3) is 3.47. The van der Waals surface area contributed by atoms with Gasteiger partial charge in [0.2, 0.25) is 0 Å². The summed E-state index contributed by atoms with van der Waals surface area (Å²) in [6.45, 7) is 5.71. The van der Waals surface area contributed by atoms with Crippen LogP contribution in [-0.4, -0.2) is 19.7 Å². The van der Waals surface area contributed by atoms with Gasteiger partial charge in [0.1, 0.15) is 5.75 Å². The van der Waals surface area contributed by atoms with Crippen LogP contribution in [0.15, 0.2) is 24.3 Å². The molecule has 0 amide bonds. The van der Waals surface area contributed by atoms with Crippen LogP contribution in [-0.2, 0) is 5.41 Å². The van der Waals surface area contributed by atoms with Crippen molar-refractivity contribution in [3.05, 3.63) is 29.8 Å². The average molecular weight is 233 g/mol. The number of hydrogen-bond acceptors (Lipinski definition) is 2. The molecule has 1 aromatic carbocycles. The van der Waals surface area contributed by atoms with E-state index in [2.05, 4.69) is 37.4 Å². The molecule has 2 heteroatoms. The van der Waals surface area contributed by atoms with Crippen molar-refractivity contribution >= 4 is 0 Å². The third-order valence-electron chi connectivity index (χ3n) is 3.61. The monoisotopic (exact) mass is 233 g/mol. The van der Waals surface area contributed by atoms with Gasteiger partial charge < -0.3 is 10.1 Å². The predicted molar refractivity (Wildman–Crippen MR) is 71.7 cm³/mol. The average Bonchev–Trinajstić information content (AvgIpc) is 3.13. The van der Waals surface area contributed by atoms with E-state index in [4.69, 9.17) is 4.74 Å². The van der Waals surface area contributed by atoms with Crippen molar-refractivity contribution in [3.8, 4) is 5.75 Å². The van der Waals surface area contributed by atoms with Crippen LogP contribution in [0.2, 0.25) is 0 Å². The molecule has 2 rings (SSSR count). The van der Waals surface area contributed by atoms with Crippen LogP contribution in [0.4, 0.5) is 0 Å². The third-order valence-corrected chi connectivity index (χ3v) is 3.61. The summed E-state index contributed by atoms with van der Waals surface area (Å²) in [7, 11) is 1.72. The van der Waals surface area contributed by atoms with Gasteiger partial charge in [0.25, 0.3) is 0 Å². The topological polar surface area (TPSA) is 21.3 Å². The van der Waals surface area contributed by atoms with Gasteiger partial charge in [-0.2, -0.15) is 0 Å². The van der Waals surface area contributed by atoms with Crippen LogP contribution in [0.25, 0.3) is 0 Å². The highest BCUT2D eigenvalue weighted by Crippen LogP contribution is 2.29. The van der Waals surface area contributed by atoms with E-state index in [1.165, 1.54) is 18.4 Å². The van der Waals surface area contributed by atoms with Gasteiger partial charge in [0.15, 0.2) is 0 Å². The Balaban J connectivity index is 1.95. The van der Waals surface area contributed by atoms with E-state index in [0.29, 0.717) is 0 Å². The van der Waals surface area contributed by atoms with E-state index < -0.39 is 0 Å². The molecule has 1 aromatic rings. The van der Waals surface area contributed by atoms with Gasteiger partial charge in [-0.05, 0) is 48.9 Å². The molecule has 0 bridgehead atoms. The lowest BCUT2D eigenvalue weighted by molar-refractivity contribution is 0.409. The molecule has 1 saturated carbocycles. The highest BCUT2D eigenvalue weighted by molar-refractivity contribution is 5.33. The highest BCUT2D eigenvalue weighted by atomic mass is 16.5. The van der Waals surface area contributed by atoms with E-state index in [1.807, 2.05) is 6.07 Å². The SMILES string of the molecule is COc1cccc(C(C)(C)CCNC2CC2)c1. The Morgan fingerprint density at radius 2 is 2.12 bits per heavy atom. The zero-order chi connectivity index (χ0) is 12.3. The van der Waals surface area contributed by atoms with Gasteiger partial charge in [0.05, 0.1) is 7.11 Å². The Bertz CT molecular complexity index is 369. The molecular weight excluding hydrogens is 210 g/mol. The van der Waals surface area contributed by atoms with Gasteiger partial charge in [0, 0.05) is 6.04 Å². The van der Waals surface area contributed by atoms with Crippen LogP contribution in [0.3, 0.4) is 0 Å². The summed E-state index contributed by atoms with van der Waals surface area (Å²) >= 11 is 0. The molecule has 1 aliphatic rings. The lowest BCUT2D eigenvalue weighted by atomic mass is 9.81. The van der Waals surface area contributed by atoms with Crippen LogP contribution in [0.1, 0.15) is 38.7 Å². The van der Waals surface area contributed by atoms with Crippen molar-refractivity contribution in [1.82, 2.24) is 5.32 Å². The predicted octanol–water partition coefficient (Wildman–Crippen LogP) is 3.11. The normalized spacial score (nSPS) is 15.9. The maximum Gasteiger partial charge on any atom is 0.119 e. The quantitative estimate of drug-likeness (QED) is 0.815. The maximum atomic E-state index is 5.29. The molecular formula is C15H23NO. The summed E-state index contributed by atoms with van der Waals surface area (Å²) < 4.78 is 5.29. The number of hydrogen-bond donors (Lipinski definition) is 1. The second-order valence-corrected chi connectivity index (χ2v) is 5.59. The van der Waals surface area contributed by atoms with Gasteiger partial charge in [-0.3, -0.25) is 0 Å². The molecule has 0 aromatic heterocycles. The summed E-state index contributed by atoms with van der Waals surface area (Å²) in [6, 6.07) is 9.22. The van der Waals surface area contributed by atoms with Crippen molar-refractivity contribution in [1.29, 1.82) is 0 Å². The fourth-order valence-corrected chi connectivity index (χ4v) is 2.06. The second-order valence-electron chi connectivity index (χ2n) is 5.59. The molecule has 0 spiro atoms. The smallest absolute Gasteiger partial charge is 0.119 e. The molecule has 0 saturated heterocycles. The summed E-state index contributed by atoms with van der Waals surface area (Å²) in [4.78, 5) is 0. The Morgan fingerprint density at radius 1 is 1.35 bits per heavy atom. The number of benzene rings is 1. The molecule has 1 aliphatic carbocycles. The first-order valence-corrected chi connectivity index (χ1v) is 6.50. The summed E-state index contributed by atoms with van der Waals surface area (Å²) in [5.74, 6) is 0.950. The van der Waals surface area contributed by atoms with Crippen molar-refractivity contribution in [2.24, 2.45) is 0 Å². The van der Waals surface area contributed by atoms with Crippen LogP contribution >= 0.6 is 0 Å². The Kier molecular flexibility index (Phi) is 3.72. The fraction of sp³-hybridized carbons (Fsp3) is 0.600. The van der Waals surface area contributed by atoms with Gasteiger partial charge in [-0.1, -0.05) is 26.0 Å². The number of nitrogens with one attached hydrogen (secondary N) is 1. The van der Waals surface area contributed by atoms with E-state index in [0.717, 1.165) is 24.8 Å². The Morgan fingerprint density at radius 3 is 2.76 bits per heavy atom. The summed E-state index contributed by atoms with van der Waals surface area (Å²) in [6.07, 6.45) is 3.88. The number of methoxy groups -OCH3 is 1. The number of ether oxygens (including phenoxy) is 1. The maximum absolute atomic E-state index is 5.29. The van der Waals surface area contributed by atoms with E-state index in [1.54, 1.807) is 7.11 Å². The zero-order valence-corrected chi connectivity index (χ0v) is 11.1. The molecule has 17 heavy (non-hydrogen) atoms. The Hall–Kier alpha value is -1.02. The number of rotatable bonds is 6. The molecule has 0 aliphatic heterocycles. The van der Waals surface area contributed by atoms with E-state index in [9.17, 15) is 0 Å². The lowest BCUT2D eigenvalue weighted by Gasteiger charge is -2.26. The van der Waals surface area contributed by atoms with Crippen LogP contribution < -0.4 is 10.1 Å². The van der Waals surface area contributed by atoms with Crippen molar-refractivity contribution in [3.63, 3.8) is 0 Å². The first kappa shape index (κ1) is 12.4. The first-order valence-electron chi connectivity index (χ1n) is 6.50. The fourth-order valence-electron chi connectivity index (χ4n) is 2.06. The van der Waals surface area contributed by atoms with Gasteiger partial charge >= 0.3 is 0 Å². The summed E-state index contributed by atoms with van der Waals surface area (Å²) in [5, 5.41) is 3.58. The lowest BCUT2D eigenvalue weighted by Crippen LogP contribution is -2.26. The summed E-state index contributed by atoms with van der Waals surface area (Å²) in [5.41, 5.74) is 1.56. The molecule has 0 heterocycles. The van der Waals surface area contributed by atoms with Crippen molar-refractivity contribution in [2.45, 2.75) is 44.6 Å². The first-order chi connectivity index (χ1) is 8.12. The van der Waals surface area contributed by atoms with E-state index in [-0.39, 0.29) is 5.41 Å². The minimum absolute atomic E-state index is 0.205. The minimum Gasteiger partial charge on any atom is -0.497 e. The minimum atomic E-state index is 0.205. The van der Waals surface area contributed by atoms with Crippen LogP contribution in [0, 0.1) is 0 Å². The molecule has 1 fully saturated rings. The molecule has 0 radical (unpaired) electrons. The van der Waals surface area contributed by atoms with Gasteiger partial charge in [-0.15, -0.1) is 0 Å². The van der Waals surface area contributed by atoms with Crippen molar-refractivity contribution in [2.75, 3.05) is 13.7 Å². The largest absolute Gasteiger partial charge is 0.497 e. The zero-order valence-electron chi connectivity index (χ0n) is 11.1. The molecule has 0 unspecified atom stereocenters. The van der Waals surface area contributed by atoms with Crippen LogP contribution in [0.5, 0.6) is 5.75 Å². The second kappa shape index (κ2) is 5.09. The molecule has 1 N–H and O–H groups in total. The highest BCUT2D eigenvalue weighted by Gasteiger charge is 2.24. The van der Waals surface area contributed by atoms with E-state index >= 15 is 0 Å². The van der Waals surface area contributed by atoms with Gasteiger partial charge in [-0.25, -0.2) is 0 Å². The van der Waals surface area contributed by atoms with Crippen molar-refractivity contribution < 1.29 is 4.74 Å². The standard InChI is InChI=1S/C15H23NO/c1-15(2,9-10-16-13-7-8-13)12-5-4-6-14(11-12)17-3/h4-6,11,13,16H,7-10H2,1-3H3.